The fourth-order valence-corrected chi connectivity index (χ4v) is 3.56. The standard InChI is InChI=1S/C20H21F2N7O3S/c1-31-20(33)24-10-12-11-29(26-25-12)13-8-14(21)18(15(22)9-13)27-4-6-28(7-5-27)19(30)16-2-3-17(23)32-16/h2-3,8-9,11H,4-7,10,23H2,1H3,(H,24,33). The summed E-state index contributed by atoms with van der Waals surface area (Å²) in [5, 5.41) is 10.9. The Hall–Kier alpha value is -3.74. The molecule has 1 saturated heterocycles. The number of nitrogens with zero attached hydrogens (tertiary/aromatic N) is 5. The quantitative estimate of drug-likeness (QED) is 0.530. The number of anilines is 2. The number of amides is 1. The van der Waals surface area contributed by atoms with Crippen molar-refractivity contribution in [3.8, 4) is 5.69 Å². The molecule has 1 aliphatic heterocycles. The molecule has 10 nitrogen and oxygen atoms in total. The highest BCUT2D eigenvalue weighted by Crippen LogP contribution is 2.28. The van der Waals surface area contributed by atoms with E-state index in [1.165, 1.54) is 42.3 Å². The number of halogens is 2. The molecule has 4 rings (SSSR count). The molecular formula is C20H21F2N7O3S. The lowest BCUT2D eigenvalue weighted by Gasteiger charge is -2.36. The van der Waals surface area contributed by atoms with E-state index in [-0.39, 0.29) is 66.8 Å². The van der Waals surface area contributed by atoms with Gasteiger partial charge in [-0.2, -0.15) is 0 Å². The first-order chi connectivity index (χ1) is 15.9. The van der Waals surface area contributed by atoms with Gasteiger partial charge in [-0.25, -0.2) is 13.5 Å². The Kier molecular flexibility index (Phi) is 6.40. The number of nitrogens with one attached hydrogen (secondary N) is 1. The van der Waals surface area contributed by atoms with Gasteiger partial charge >= 0.3 is 0 Å². The molecule has 3 aromatic rings. The van der Waals surface area contributed by atoms with Gasteiger partial charge in [0, 0.05) is 44.4 Å². The predicted octanol–water partition coefficient (Wildman–Crippen LogP) is 1.70. The minimum absolute atomic E-state index is 0.133. The van der Waals surface area contributed by atoms with Crippen molar-refractivity contribution in [2.75, 3.05) is 43.9 Å². The highest BCUT2D eigenvalue weighted by Gasteiger charge is 2.27. The van der Waals surface area contributed by atoms with Gasteiger partial charge in [-0.05, 0) is 18.3 Å². The zero-order valence-electron chi connectivity index (χ0n) is 17.6. The molecule has 1 fully saturated rings. The maximum absolute atomic E-state index is 14.9. The Bertz CT molecular complexity index is 1150. The SMILES string of the molecule is COC(=S)NCc1cn(-c2cc(F)c(N3CCN(C(=O)c4ccc(N)o4)CC3)c(F)c2)nn1. The van der Waals surface area contributed by atoms with Crippen LogP contribution in [-0.2, 0) is 11.3 Å². The van der Waals surface area contributed by atoms with Gasteiger partial charge in [0.1, 0.15) is 11.4 Å². The topological polar surface area (TPSA) is 115 Å². The van der Waals surface area contributed by atoms with Crippen LogP contribution in [0.1, 0.15) is 16.2 Å². The molecule has 0 unspecified atom stereocenters. The van der Waals surface area contributed by atoms with Crippen LogP contribution in [0.15, 0.2) is 34.9 Å². The number of ether oxygens (including phenoxy) is 1. The van der Waals surface area contributed by atoms with Gasteiger partial charge in [-0.15, -0.1) is 5.10 Å². The zero-order valence-corrected chi connectivity index (χ0v) is 18.4. The second-order valence-electron chi connectivity index (χ2n) is 7.24. The van der Waals surface area contributed by atoms with Gasteiger partial charge < -0.3 is 30.0 Å². The van der Waals surface area contributed by atoms with Crippen LogP contribution in [-0.4, -0.2) is 64.3 Å². The number of carbonyl (C=O) groups excluding carboxylic acids is 1. The number of piperazine rings is 1. The molecule has 0 saturated carbocycles. The number of methoxy groups -OCH3 is 1. The third kappa shape index (κ3) is 4.87. The minimum atomic E-state index is -0.737. The van der Waals surface area contributed by atoms with Crippen LogP contribution >= 0.6 is 12.2 Å². The van der Waals surface area contributed by atoms with Gasteiger partial charge in [0.25, 0.3) is 11.1 Å². The molecule has 0 bridgehead atoms. The maximum atomic E-state index is 14.9. The Morgan fingerprint density at radius 1 is 1.24 bits per heavy atom. The van der Waals surface area contributed by atoms with Crippen LogP contribution in [0.4, 0.5) is 20.4 Å². The predicted molar refractivity (Wildman–Crippen MR) is 119 cm³/mol. The van der Waals surface area contributed by atoms with Crippen LogP contribution in [0.25, 0.3) is 5.69 Å². The fraction of sp³-hybridized carbons (Fsp3) is 0.300. The van der Waals surface area contributed by atoms with E-state index in [0.29, 0.717) is 5.69 Å². The van der Waals surface area contributed by atoms with Crippen molar-refractivity contribution in [3.05, 3.63) is 53.6 Å². The second kappa shape index (κ2) is 9.40. The molecule has 3 N–H and O–H groups in total. The highest BCUT2D eigenvalue weighted by molar-refractivity contribution is 7.80. The number of benzene rings is 1. The Morgan fingerprint density at radius 3 is 2.55 bits per heavy atom. The summed E-state index contributed by atoms with van der Waals surface area (Å²) in [6.07, 6.45) is 1.53. The molecule has 0 aliphatic carbocycles. The molecule has 0 atom stereocenters. The molecule has 0 spiro atoms. The lowest BCUT2D eigenvalue weighted by molar-refractivity contribution is 0.0715. The molecule has 2 aromatic heterocycles. The van der Waals surface area contributed by atoms with E-state index in [9.17, 15) is 13.6 Å². The Morgan fingerprint density at radius 2 is 1.94 bits per heavy atom. The normalized spacial score (nSPS) is 13.8. The van der Waals surface area contributed by atoms with Crippen molar-refractivity contribution in [2.24, 2.45) is 0 Å². The molecule has 13 heteroatoms. The smallest absolute Gasteiger partial charge is 0.289 e. The number of rotatable bonds is 5. The van der Waals surface area contributed by atoms with E-state index in [1.54, 1.807) is 9.80 Å². The monoisotopic (exact) mass is 477 g/mol. The minimum Gasteiger partial charge on any atom is -0.474 e. The molecular weight excluding hydrogens is 456 g/mol. The average Bonchev–Trinajstić information content (AvgIpc) is 3.46. The molecule has 0 radical (unpaired) electrons. The van der Waals surface area contributed by atoms with Crippen LogP contribution in [0.5, 0.6) is 0 Å². The van der Waals surface area contributed by atoms with Gasteiger partial charge in [0.15, 0.2) is 23.3 Å². The number of thiocarbonyl (C=S) groups is 1. The number of aromatic nitrogens is 3. The van der Waals surface area contributed by atoms with Crippen LogP contribution in [0.2, 0.25) is 0 Å². The van der Waals surface area contributed by atoms with E-state index in [4.69, 9.17) is 27.1 Å². The summed E-state index contributed by atoms with van der Waals surface area (Å²) in [7, 11) is 1.44. The summed E-state index contributed by atoms with van der Waals surface area (Å²) >= 11 is 4.89. The Labute approximate surface area is 192 Å². The van der Waals surface area contributed by atoms with Crippen molar-refractivity contribution in [3.63, 3.8) is 0 Å². The summed E-state index contributed by atoms with van der Waals surface area (Å²) < 4.78 is 41.1. The van der Waals surface area contributed by atoms with E-state index in [2.05, 4.69) is 15.6 Å². The summed E-state index contributed by atoms with van der Waals surface area (Å²) in [5.41, 5.74) is 6.06. The lowest BCUT2D eigenvalue weighted by Crippen LogP contribution is -2.49. The second-order valence-corrected chi connectivity index (χ2v) is 7.61. The van der Waals surface area contributed by atoms with Crippen LogP contribution in [0, 0.1) is 11.6 Å². The number of nitrogen functional groups attached to an aromatic ring is 1. The maximum Gasteiger partial charge on any atom is 0.289 e. The van der Waals surface area contributed by atoms with Crippen molar-refractivity contribution in [1.82, 2.24) is 25.2 Å². The zero-order chi connectivity index (χ0) is 23.5. The molecule has 1 aromatic carbocycles. The third-order valence-corrected chi connectivity index (χ3v) is 5.44. The molecule has 3 heterocycles. The van der Waals surface area contributed by atoms with E-state index in [0.717, 1.165) is 0 Å². The largest absolute Gasteiger partial charge is 0.474 e. The van der Waals surface area contributed by atoms with Crippen LogP contribution in [0.3, 0.4) is 0 Å². The number of furan rings is 1. The Balaban J connectivity index is 1.43. The molecule has 33 heavy (non-hydrogen) atoms. The number of hydrogen-bond acceptors (Lipinski definition) is 8. The first-order valence-electron chi connectivity index (χ1n) is 9.97. The van der Waals surface area contributed by atoms with Gasteiger partial charge in [-0.1, -0.05) is 5.21 Å². The summed E-state index contributed by atoms with van der Waals surface area (Å²) in [5.74, 6) is -1.51. The average molecular weight is 477 g/mol. The number of hydrogen-bond donors (Lipinski definition) is 2. The van der Waals surface area contributed by atoms with Gasteiger partial charge in [0.05, 0.1) is 25.5 Å². The van der Waals surface area contributed by atoms with E-state index in [1.807, 2.05) is 0 Å². The van der Waals surface area contributed by atoms with Crippen molar-refractivity contribution < 1.29 is 22.7 Å². The van der Waals surface area contributed by atoms with E-state index < -0.39 is 11.6 Å². The summed E-state index contributed by atoms with van der Waals surface area (Å²) in [4.78, 5) is 15.6. The molecule has 1 aliphatic rings. The first kappa shape index (κ1) is 22.5. The lowest BCUT2D eigenvalue weighted by atomic mass is 10.2. The molecule has 1 amide bonds. The van der Waals surface area contributed by atoms with Crippen LogP contribution < -0.4 is 16.0 Å². The van der Waals surface area contributed by atoms with Crippen molar-refractivity contribution in [1.29, 1.82) is 0 Å². The fourth-order valence-electron chi connectivity index (χ4n) is 3.48. The molecule has 174 valence electrons. The van der Waals surface area contributed by atoms with Gasteiger partial charge in [0.2, 0.25) is 0 Å². The highest BCUT2D eigenvalue weighted by atomic mass is 32.1. The van der Waals surface area contributed by atoms with Crippen molar-refractivity contribution in [2.45, 2.75) is 6.54 Å². The first-order valence-corrected chi connectivity index (χ1v) is 10.4. The third-order valence-electron chi connectivity index (χ3n) is 5.13. The van der Waals surface area contributed by atoms with Crippen molar-refractivity contribution >= 4 is 34.9 Å². The van der Waals surface area contributed by atoms with Gasteiger partial charge in [-0.3, -0.25) is 4.79 Å². The summed E-state index contributed by atoms with van der Waals surface area (Å²) in [6.45, 7) is 1.33. The number of carbonyl (C=O) groups is 1. The number of nitrogens with two attached hydrogens (primary N) is 1. The van der Waals surface area contributed by atoms with E-state index >= 15 is 0 Å². The summed E-state index contributed by atoms with van der Waals surface area (Å²) in [6, 6.07) is 5.37.